The van der Waals surface area contributed by atoms with Crippen molar-refractivity contribution in [1.29, 1.82) is 0 Å². The number of nitrogens with zero attached hydrogens (tertiary/aromatic N) is 2. The van der Waals surface area contributed by atoms with Gasteiger partial charge in [-0.2, -0.15) is 0 Å². The number of fused-ring (bicyclic) bond motifs is 1. The molecule has 0 amide bonds. The van der Waals surface area contributed by atoms with Crippen LogP contribution in [0.5, 0.6) is 0 Å². The molecule has 2 atom stereocenters. The number of carbonyl (C=O) groups excluding carboxylic acids is 1. The Labute approximate surface area is 79.7 Å². The fourth-order valence-corrected chi connectivity index (χ4v) is 2.47. The molecule has 0 spiro atoms. The van der Waals surface area contributed by atoms with Gasteiger partial charge in [-0.3, -0.25) is 4.90 Å². The lowest BCUT2D eigenvalue weighted by Gasteiger charge is -2.44. The lowest BCUT2D eigenvalue weighted by molar-refractivity contribution is -0.113. The van der Waals surface area contributed by atoms with E-state index in [1.54, 1.807) is 0 Å². The molecule has 2 heterocycles. The van der Waals surface area contributed by atoms with Crippen LogP contribution in [0.3, 0.4) is 0 Å². The molecular weight excluding hydrogens is 164 g/mol. The van der Waals surface area contributed by atoms with Gasteiger partial charge in [-0.15, -0.1) is 0 Å². The van der Waals surface area contributed by atoms with Crippen LogP contribution in [0.1, 0.15) is 12.8 Å². The number of aldehydes is 1. The van der Waals surface area contributed by atoms with Crippen molar-refractivity contribution in [3.8, 4) is 0 Å². The van der Waals surface area contributed by atoms with Gasteiger partial charge in [-0.05, 0) is 19.9 Å². The molecule has 3 nitrogen and oxygen atoms in total. The highest BCUT2D eigenvalue weighted by atomic mass is 16.1. The van der Waals surface area contributed by atoms with Gasteiger partial charge < -0.3 is 9.69 Å². The van der Waals surface area contributed by atoms with Gasteiger partial charge in [0, 0.05) is 38.1 Å². The molecule has 2 aliphatic heterocycles. The molecular formula is C10H18N2O. The van der Waals surface area contributed by atoms with Crippen molar-refractivity contribution in [2.75, 3.05) is 33.2 Å². The maximum Gasteiger partial charge on any atom is 0.124 e. The summed E-state index contributed by atoms with van der Waals surface area (Å²) >= 11 is 0. The Morgan fingerprint density at radius 3 is 2.85 bits per heavy atom. The van der Waals surface area contributed by atoms with E-state index in [0.29, 0.717) is 5.92 Å². The zero-order valence-corrected chi connectivity index (χ0v) is 8.28. The molecule has 3 heteroatoms. The summed E-state index contributed by atoms with van der Waals surface area (Å²) in [6, 6.07) is 0.718. The second-order valence-corrected chi connectivity index (χ2v) is 4.38. The average molecular weight is 182 g/mol. The minimum atomic E-state index is 0.305. The zero-order valence-electron chi connectivity index (χ0n) is 8.28. The third kappa shape index (κ3) is 1.92. The number of hydrogen-bond donors (Lipinski definition) is 0. The van der Waals surface area contributed by atoms with Crippen molar-refractivity contribution in [3.05, 3.63) is 0 Å². The Hall–Kier alpha value is -0.410. The summed E-state index contributed by atoms with van der Waals surface area (Å²) in [5.74, 6) is 0.305. The van der Waals surface area contributed by atoms with E-state index in [4.69, 9.17) is 0 Å². The fourth-order valence-electron chi connectivity index (χ4n) is 2.47. The minimum absolute atomic E-state index is 0.305. The third-order valence-corrected chi connectivity index (χ3v) is 3.34. The highest BCUT2D eigenvalue weighted by molar-refractivity contribution is 5.54. The molecule has 74 valence electrons. The van der Waals surface area contributed by atoms with Crippen molar-refractivity contribution in [2.24, 2.45) is 5.92 Å². The Balaban J connectivity index is 1.94. The molecule has 2 saturated heterocycles. The van der Waals surface area contributed by atoms with Gasteiger partial charge >= 0.3 is 0 Å². The van der Waals surface area contributed by atoms with E-state index in [2.05, 4.69) is 16.8 Å². The van der Waals surface area contributed by atoms with E-state index in [1.165, 1.54) is 13.0 Å². The second-order valence-electron chi connectivity index (χ2n) is 4.38. The molecule has 13 heavy (non-hydrogen) atoms. The van der Waals surface area contributed by atoms with Crippen molar-refractivity contribution in [1.82, 2.24) is 9.80 Å². The number of carbonyl (C=O) groups is 1. The maximum atomic E-state index is 10.7. The van der Waals surface area contributed by atoms with Gasteiger partial charge in [0.1, 0.15) is 6.29 Å². The fraction of sp³-hybridized carbons (Fsp3) is 0.900. The molecule has 1 unspecified atom stereocenters. The predicted octanol–water partition coefficient (Wildman–Crippen LogP) is 0.211. The summed E-state index contributed by atoms with van der Waals surface area (Å²) in [5, 5.41) is 0. The lowest BCUT2D eigenvalue weighted by atomic mass is 9.92. The summed E-state index contributed by atoms with van der Waals surface area (Å²) in [5.41, 5.74) is 0. The van der Waals surface area contributed by atoms with Crippen molar-refractivity contribution >= 4 is 6.29 Å². The first-order valence-corrected chi connectivity index (χ1v) is 5.17. The topological polar surface area (TPSA) is 23.6 Å². The maximum absolute atomic E-state index is 10.7. The molecule has 2 fully saturated rings. The highest BCUT2D eigenvalue weighted by Crippen LogP contribution is 2.23. The Bertz CT molecular complexity index is 195. The molecule has 0 aromatic carbocycles. The van der Waals surface area contributed by atoms with Crippen molar-refractivity contribution in [2.45, 2.75) is 18.9 Å². The molecule has 2 aliphatic rings. The summed E-state index contributed by atoms with van der Waals surface area (Å²) in [4.78, 5) is 15.5. The minimum Gasteiger partial charge on any atom is -0.304 e. The molecule has 0 N–H and O–H groups in total. The summed E-state index contributed by atoms with van der Waals surface area (Å²) < 4.78 is 0. The monoisotopic (exact) mass is 182 g/mol. The first kappa shape index (κ1) is 9.16. The van der Waals surface area contributed by atoms with Crippen LogP contribution in [0.25, 0.3) is 0 Å². The van der Waals surface area contributed by atoms with Crippen LogP contribution in [0.15, 0.2) is 0 Å². The number of piperazine rings is 1. The van der Waals surface area contributed by atoms with Gasteiger partial charge in [-0.25, -0.2) is 0 Å². The van der Waals surface area contributed by atoms with Gasteiger partial charge in [0.15, 0.2) is 0 Å². The van der Waals surface area contributed by atoms with Gasteiger partial charge in [0.05, 0.1) is 0 Å². The van der Waals surface area contributed by atoms with E-state index in [0.717, 1.165) is 38.4 Å². The number of rotatable bonds is 1. The highest BCUT2D eigenvalue weighted by Gasteiger charge is 2.31. The van der Waals surface area contributed by atoms with Crippen LogP contribution >= 0.6 is 0 Å². The predicted molar refractivity (Wildman–Crippen MR) is 51.6 cm³/mol. The van der Waals surface area contributed by atoms with Gasteiger partial charge in [0.2, 0.25) is 0 Å². The third-order valence-electron chi connectivity index (χ3n) is 3.34. The molecule has 0 aliphatic carbocycles. The van der Waals surface area contributed by atoms with Crippen molar-refractivity contribution < 1.29 is 4.79 Å². The first-order valence-electron chi connectivity index (χ1n) is 5.17. The van der Waals surface area contributed by atoms with Crippen LogP contribution in [-0.4, -0.2) is 55.4 Å². The lowest BCUT2D eigenvalue weighted by Crippen LogP contribution is -2.55. The average Bonchev–Trinajstić information content (AvgIpc) is 2.17. The number of likely N-dealkylation sites (N-methyl/N-ethyl adjacent to an activating group) is 1. The van der Waals surface area contributed by atoms with Crippen LogP contribution in [0.4, 0.5) is 0 Å². The Morgan fingerprint density at radius 2 is 2.08 bits per heavy atom. The summed E-state index contributed by atoms with van der Waals surface area (Å²) in [7, 11) is 2.18. The van der Waals surface area contributed by atoms with Gasteiger partial charge in [0.25, 0.3) is 0 Å². The first-order chi connectivity index (χ1) is 6.29. The van der Waals surface area contributed by atoms with Crippen molar-refractivity contribution in [3.63, 3.8) is 0 Å². The molecule has 2 rings (SSSR count). The number of hydrogen-bond acceptors (Lipinski definition) is 3. The normalized spacial score (nSPS) is 37.0. The SMILES string of the molecule is CN1CCN2C[C@H](C=O)CCC2C1. The smallest absolute Gasteiger partial charge is 0.124 e. The largest absolute Gasteiger partial charge is 0.304 e. The summed E-state index contributed by atoms with van der Waals surface area (Å²) in [6.07, 6.45) is 3.43. The number of piperidine rings is 1. The molecule has 0 radical (unpaired) electrons. The van der Waals surface area contributed by atoms with E-state index in [1.807, 2.05) is 0 Å². The van der Waals surface area contributed by atoms with Crippen LogP contribution < -0.4 is 0 Å². The van der Waals surface area contributed by atoms with Crippen LogP contribution in [0.2, 0.25) is 0 Å². The second kappa shape index (κ2) is 3.76. The Kier molecular flexibility index (Phi) is 2.65. The van der Waals surface area contributed by atoms with Gasteiger partial charge in [-0.1, -0.05) is 0 Å². The molecule has 0 aromatic rings. The van der Waals surface area contributed by atoms with E-state index in [9.17, 15) is 4.79 Å². The quantitative estimate of drug-likeness (QED) is 0.542. The van der Waals surface area contributed by atoms with E-state index >= 15 is 0 Å². The van der Waals surface area contributed by atoms with Crippen LogP contribution in [-0.2, 0) is 4.79 Å². The zero-order chi connectivity index (χ0) is 9.26. The van der Waals surface area contributed by atoms with E-state index in [-0.39, 0.29) is 0 Å². The van der Waals surface area contributed by atoms with Crippen LogP contribution in [0, 0.1) is 5.92 Å². The molecule has 0 bridgehead atoms. The van der Waals surface area contributed by atoms with E-state index < -0.39 is 0 Å². The molecule has 0 saturated carbocycles. The Morgan fingerprint density at radius 1 is 1.23 bits per heavy atom. The standard InChI is InChI=1S/C10H18N2O/c1-11-4-5-12-6-9(8-13)2-3-10(12)7-11/h8-10H,2-7H2,1H3/t9-,10?/m1/s1. The molecule has 0 aromatic heterocycles. The summed E-state index contributed by atoms with van der Waals surface area (Å²) in [6.45, 7) is 4.49.